The Hall–Kier alpha value is -1.78. The molecule has 2 N–H and O–H groups in total. The van der Waals surface area contributed by atoms with Crippen molar-refractivity contribution in [2.75, 3.05) is 11.9 Å². The summed E-state index contributed by atoms with van der Waals surface area (Å²) >= 11 is 0. The lowest BCUT2D eigenvalue weighted by atomic mass is 10.1. The summed E-state index contributed by atoms with van der Waals surface area (Å²) in [7, 11) is 0. The summed E-state index contributed by atoms with van der Waals surface area (Å²) in [4.78, 5) is 16.2. The van der Waals surface area contributed by atoms with E-state index in [0.717, 1.165) is 23.6 Å². The molecule has 20 heavy (non-hydrogen) atoms. The molecular weight excluding hydrogens is 254 g/mol. The van der Waals surface area contributed by atoms with Crippen LogP contribution in [0.15, 0.2) is 12.1 Å². The van der Waals surface area contributed by atoms with Crippen LogP contribution >= 0.6 is 0 Å². The first kappa shape index (κ1) is 16.3. The van der Waals surface area contributed by atoms with E-state index in [1.54, 1.807) is 0 Å². The van der Waals surface area contributed by atoms with Crippen LogP contribution in [0.3, 0.4) is 0 Å². The molecule has 0 aliphatic rings. The lowest BCUT2D eigenvalue weighted by Gasteiger charge is -2.22. The Morgan fingerprint density at radius 3 is 2.60 bits per heavy atom. The second kappa shape index (κ2) is 6.59. The van der Waals surface area contributed by atoms with Crippen molar-refractivity contribution in [3.8, 4) is 0 Å². The first-order valence-electron chi connectivity index (χ1n) is 6.93. The van der Waals surface area contributed by atoms with Gasteiger partial charge >= 0.3 is 6.09 Å². The molecule has 0 aromatic carbocycles. The van der Waals surface area contributed by atoms with E-state index in [4.69, 9.17) is 4.74 Å². The minimum absolute atomic E-state index is 0.135. The van der Waals surface area contributed by atoms with Crippen molar-refractivity contribution < 1.29 is 9.53 Å². The topological polar surface area (TPSA) is 63.2 Å². The van der Waals surface area contributed by atoms with Crippen molar-refractivity contribution in [1.82, 2.24) is 10.3 Å². The number of alkyl carbamates (subject to hydrolysis) is 1. The number of ether oxygens (including phenoxy) is 1. The number of anilines is 1. The summed E-state index contributed by atoms with van der Waals surface area (Å²) in [5.41, 5.74) is 1.42. The Bertz CT molecular complexity index is 467. The molecule has 5 nitrogen and oxygen atoms in total. The monoisotopic (exact) mass is 279 g/mol. The second-order valence-corrected chi connectivity index (χ2v) is 5.83. The summed E-state index contributed by atoms with van der Waals surface area (Å²) in [5.74, 6) is 0.820. The number of hydrogen-bond acceptors (Lipinski definition) is 4. The van der Waals surface area contributed by atoms with Crippen molar-refractivity contribution in [3.05, 3.63) is 23.4 Å². The normalized spacial score (nSPS) is 12.7. The van der Waals surface area contributed by atoms with E-state index < -0.39 is 11.7 Å². The van der Waals surface area contributed by atoms with Crippen LogP contribution in [0.2, 0.25) is 0 Å². The van der Waals surface area contributed by atoms with Crippen molar-refractivity contribution in [2.45, 2.75) is 53.2 Å². The van der Waals surface area contributed by atoms with Gasteiger partial charge < -0.3 is 15.4 Å². The van der Waals surface area contributed by atoms with Crippen LogP contribution in [-0.4, -0.2) is 23.2 Å². The quantitative estimate of drug-likeness (QED) is 0.886. The fourth-order valence-electron chi connectivity index (χ4n) is 1.78. The highest BCUT2D eigenvalue weighted by Crippen LogP contribution is 2.18. The van der Waals surface area contributed by atoms with Gasteiger partial charge in [0.25, 0.3) is 0 Å². The van der Waals surface area contributed by atoms with E-state index in [0.29, 0.717) is 0 Å². The highest BCUT2D eigenvalue weighted by atomic mass is 16.6. The summed E-state index contributed by atoms with van der Waals surface area (Å²) < 4.78 is 5.26. The van der Waals surface area contributed by atoms with Crippen LogP contribution < -0.4 is 10.6 Å². The SMILES string of the molecule is CCNc1cc(C(C)NC(=O)OC(C)(C)C)cc(C)n1. The standard InChI is InChI=1S/C15H25N3O2/c1-7-16-13-9-12(8-10(2)17-13)11(3)18-14(19)20-15(4,5)6/h8-9,11H,7H2,1-6H3,(H,16,17)(H,18,19). The molecule has 0 aliphatic carbocycles. The number of amides is 1. The third-order valence-corrected chi connectivity index (χ3v) is 2.57. The number of carbonyl (C=O) groups excluding carboxylic acids is 1. The van der Waals surface area contributed by atoms with Crippen LogP contribution in [0, 0.1) is 6.92 Å². The number of carbonyl (C=O) groups is 1. The Kier molecular flexibility index (Phi) is 5.36. The van der Waals surface area contributed by atoms with Crippen LogP contribution in [-0.2, 0) is 4.74 Å². The minimum atomic E-state index is -0.493. The van der Waals surface area contributed by atoms with Crippen molar-refractivity contribution in [2.24, 2.45) is 0 Å². The van der Waals surface area contributed by atoms with Gasteiger partial charge in [-0.05, 0) is 59.2 Å². The Balaban J connectivity index is 2.76. The molecule has 1 heterocycles. The molecule has 0 spiro atoms. The third-order valence-electron chi connectivity index (χ3n) is 2.57. The van der Waals surface area contributed by atoms with Gasteiger partial charge in [-0.3, -0.25) is 0 Å². The number of hydrogen-bond donors (Lipinski definition) is 2. The van der Waals surface area contributed by atoms with Crippen molar-refractivity contribution in [1.29, 1.82) is 0 Å². The maximum Gasteiger partial charge on any atom is 0.408 e. The van der Waals surface area contributed by atoms with E-state index in [1.807, 2.05) is 53.7 Å². The molecule has 0 aliphatic heterocycles. The first-order chi connectivity index (χ1) is 9.21. The van der Waals surface area contributed by atoms with Gasteiger partial charge in [0.1, 0.15) is 11.4 Å². The van der Waals surface area contributed by atoms with Gasteiger partial charge in [-0.15, -0.1) is 0 Å². The highest BCUT2D eigenvalue weighted by Gasteiger charge is 2.18. The Labute approximate surface area is 121 Å². The zero-order valence-electron chi connectivity index (χ0n) is 13.2. The van der Waals surface area contributed by atoms with Gasteiger partial charge in [0.15, 0.2) is 0 Å². The molecule has 1 rings (SSSR count). The molecule has 0 bridgehead atoms. The van der Waals surface area contributed by atoms with Crippen LogP contribution in [0.4, 0.5) is 10.6 Å². The summed E-state index contributed by atoms with van der Waals surface area (Å²) in [6.07, 6.45) is -0.413. The van der Waals surface area contributed by atoms with Crippen LogP contribution in [0.25, 0.3) is 0 Å². The third kappa shape index (κ3) is 5.47. The molecule has 0 saturated heterocycles. The van der Waals surface area contributed by atoms with Crippen molar-refractivity contribution >= 4 is 11.9 Å². The average molecular weight is 279 g/mol. The maximum atomic E-state index is 11.8. The zero-order chi connectivity index (χ0) is 15.3. The minimum Gasteiger partial charge on any atom is -0.444 e. The summed E-state index contributed by atoms with van der Waals surface area (Å²) in [5, 5.41) is 6.01. The summed E-state index contributed by atoms with van der Waals surface area (Å²) in [6.45, 7) is 12.2. The summed E-state index contributed by atoms with van der Waals surface area (Å²) in [6, 6.07) is 3.77. The fourth-order valence-corrected chi connectivity index (χ4v) is 1.78. The van der Waals surface area contributed by atoms with Gasteiger partial charge in [-0.2, -0.15) is 0 Å². The average Bonchev–Trinajstić information content (AvgIpc) is 2.25. The number of pyridine rings is 1. The van der Waals surface area contributed by atoms with E-state index >= 15 is 0 Å². The molecule has 0 fully saturated rings. The van der Waals surface area contributed by atoms with E-state index in [9.17, 15) is 4.79 Å². The van der Waals surface area contributed by atoms with Crippen LogP contribution in [0.1, 0.15) is 51.9 Å². The highest BCUT2D eigenvalue weighted by molar-refractivity contribution is 5.68. The largest absolute Gasteiger partial charge is 0.444 e. The van der Waals surface area contributed by atoms with Gasteiger partial charge in [-0.1, -0.05) is 0 Å². The lowest BCUT2D eigenvalue weighted by molar-refractivity contribution is 0.0508. The molecule has 1 unspecified atom stereocenters. The van der Waals surface area contributed by atoms with Crippen molar-refractivity contribution in [3.63, 3.8) is 0 Å². The number of rotatable bonds is 4. The Morgan fingerprint density at radius 1 is 1.40 bits per heavy atom. The van der Waals surface area contributed by atoms with Crippen LogP contribution in [0.5, 0.6) is 0 Å². The Morgan fingerprint density at radius 2 is 2.05 bits per heavy atom. The van der Waals surface area contributed by atoms with E-state index in [-0.39, 0.29) is 6.04 Å². The molecule has 112 valence electrons. The molecule has 1 amide bonds. The molecule has 5 heteroatoms. The molecule has 0 saturated carbocycles. The predicted octanol–water partition coefficient (Wildman–Crippen LogP) is 3.41. The zero-order valence-corrected chi connectivity index (χ0v) is 13.2. The maximum absolute atomic E-state index is 11.8. The number of nitrogens with zero attached hydrogens (tertiary/aromatic N) is 1. The lowest BCUT2D eigenvalue weighted by Crippen LogP contribution is -2.34. The second-order valence-electron chi connectivity index (χ2n) is 5.83. The number of aromatic nitrogens is 1. The number of aryl methyl sites for hydroxylation is 1. The first-order valence-corrected chi connectivity index (χ1v) is 6.93. The smallest absolute Gasteiger partial charge is 0.408 e. The number of nitrogens with one attached hydrogen (secondary N) is 2. The molecule has 0 radical (unpaired) electrons. The fraction of sp³-hybridized carbons (Fsp3) is 0.600. The molecule has 1 aromatic rings. The van der Waals surface area contributed by atoms with Gasteiger partial charge in [0, 0.05) is 12.2 Å². The van der Waals surface area contributed by atoms with Gasteiger partial charge in [-0.25, -0.2) is 9.78 Å². The van der Waals surface area contributed by atoms with Gasteiger partial charge in [0.05, 0.1) is 6.04 Å². The molecular formula is C15H25N3O2. The molecule has 1 aromatic heterocycles. The van der Waals surface area contributed by atoms with E-state index in [2.05, 4.69) is 15.6 Å². The van der Waals surface area contributed by atoms with Gasteiger partial charge in [0.2, 0.25) is 0 Å². The van der Waals surface area contributed by atoms with E-state index in [1.165, 1.54) is 0 Å². The predicted molar refractivity (Wildman–Crippen MR) is 80.9 cm³/mol. The molecule has 1 atom stereocenters.